The molecule has 0 fully saturated rings. The van der Waals surface area contributed by atoms with Gasteiger partial charge in [-0.1, -0.05) is 18.2 Å². The van der Waals surface area contributed by atoms with Crippen molar-refractivity contribution in [2.24, 2.45) is 0 Å². The molecular formula is C14H15N5S. The zero-order valence-corrected chi connectivity index (χ0v) is 12.0. The molecule has 0 aliphatic rings. The lowest BCUT2D eigenvalue weighted by Gasteiger charge is -1.99. The highest BCUT2D eigenvalue weighted by atomic mass is 32.1. The molecular weight excluding hydrogens is 270 g/mol. The third-order valence-electron chi connectivity index (χ3n) is 2.78. The first-order chi connectivity index (χ1) is 9.81. The summed E-state index contributed by atoms with van der Waals surface area (Å²) in [6.07, 6.45) is 3.68. The number of hydrogen-bond donors (Lipinski definition) is 1. The third-order valence-corrected chi connectivity index (χ3v) is 3.69. The van der Waals surface area contributed by atoms with E-state index in [-0.39, 0.29) is 0 Å². The minimum atomic E-state index is 0.686. The van der Waals surface area contributed by atoms with E-state index in [1.54, 1.807) is 22.3 Å². The molecule has 102 valence electrons. The van der Waals surface area contributed by atoms with Crippen LogP contribution in [0.5, 0.6) is 0 Å². The van der Waals surface area contributed by atoms with E-state index in [2.05, 4.69) is 27.4 Å². The largest absolute Gasteiger partial charge is 0.305 e. The molecule has 20 heavy (non-hydrogen) atoms. The van der Waals surface area contributed by atoms with Crippen LogP contribution in [0.1, 0.15) is 15.6 Å². The van der Waals surface area contributed by atoms with Crippen molar-refractivity contribution in [2.45, 2.75) is 20.0 Å². The smallest absolute Gasteiger partial charge is 0.107 e. The van der Waals surface area contributed by atoms with Crippen LogP contribution in [0.2, 0.25) is 0 Å². The SMILES string of the molecule is Cc1cnc(CNCc2cnn(-c3ccccc3)n2)s1. The molecule has 2 heterocycles. The molecule has 0 atom stereocenters. The molecule has 6 heteroatoms. The Bertz CT molecular complexity index is 674. The molecule has 2 aromatic heterocycles. The van der Waals surface area contributed by atoms with Gasteiger partial charge in [0.05, 0.1) is 17.6 Å². The highest BCUT2D eigenvalue weighted by Gasteiger charge is 2.03. The van der Waals surface area contributed by atoms with Crippen LogP contribution in [-0.2, 0) is 13.1 Å². The highest BCUT2D eigenvalue weighted by molar-refractivity contribution is 7.11. The average Bonchev–Trinajstić information content (AvgIpc) is 3.09. The van der Waals surface area contributed by atoms with Gasteiger partial charge in [0, 0.05) is 24.2 Å². The maximum Gasteiger partial charge on any atom is 0.107 e. The average molecular weight is 285 g/mol. The Balaban J connectivity index is 1.58. The molecule has 0 aliphatic carbocycles. The van der Waals surface area contributed by atoms with Crippen molar-refractivity contribution in [2.75, 3.05) is 0 Å². The summed E-state index contributed by atoms with van der Waals surface area (Å²) in [6, 6.07) is 9.89. The lowest BCUT2D eigenvalue weighted by Crippen LogP contribution is -2.13. The summed E-state index contributed by atoms with van der Waals surface area (Å²) in [5.74, 6) is 0. The minimum absolute atomic E-state index is 0.686. The topological polar surface area (TPSA) is 55.6 Å². The van der Waals surface area contributed by atoms with Crippen molar-refractivity contribution in [1.82, 2.24) is 25.3 Å². The molecule has 0 radical (unpaired) electrons. The van der Waals surface area contributed by atoms with Gasteiger partial charge in [0.2, 0.25) is 0 Å². The van der Waals surface area contributed by atoms with Crippen molar-refractivity contribution in [3.63, 3.8) is 0 Å². The molecule has 0 aliphatic heterocycles. The third kappa shape index (κ3) is 3.09. The summed E-state index contributed by atoms with van der Waals surface area (Å²) >= 11 is 1.71. The maximum atomic E-state index is 4.44. The molecule has 1 aromatic carbocycles. The lowest BCUT2D eigenvalue weighted by atomic mass is 10.3. The second-order valence-corrected chi connectivity index (χ2v) is 5.75. The highest BCUT2D eigenvalue weighted by Crippen LogP contribution is 2.10. The van der Waals surface area contributed by atoms with Crippen LogP contribution in [0.4, 0.5) is 0 Å². The molecule has 0 saturated carbocycles. The second kappa shape index (κ2) is 5.94. The zero-order valence-electron chi connectivity index (χ0n) is 11.2. The first-order valence-electron chi connectivity index (χ1n) is 6.40. The predicted octanol–water partition coefficient (Wildman–Crippen LogP) is 2.32. The van der Waals surface area contributed by atoms with E-state index in [1.165, 1.54) is 4.88 Å². The number of nitrogens with zero attached hydrogens (tertiary/aromatic N) is 4. The van der Waals surface area contributed by atoms with E-state index in [9.17, 15) is 0 Å². The van der Waals surface area contributed by atoms with Crippen LogP contribution >= 0.6 is 11.3 Å². The number of thiazole rings is 1. The summed E-state index contributed by atoms with van der Waals surface area (Å²) in [6.45, 7) is 3.51. The van der Waals surface area contributed by atoms with Crippen molar-refractivity contribution >= 4 is 11.3 Å². The number of rotatable bonds is 5. The summed E-state index contributed by atoms with van der Waals surface area (Å²) in [4.78, 5) is 7.19. The molecule has 5 nitrogen and oxygen atoms in total. The van der Waals surface area contributed by atoms with E-state index in [1.807, 2.05) is 36.5 Å². The summed E-state index contributed by atoms with van der Waals surface area (Å²) < 4.78 is 0. The summed E-state index contributed by atoms with van der Waals surface area (Å²) in [5.41, 5.74) is 1.89. The van der Waals surface area contributed by atoms with E-state index < -0.39 is 0 Å². The Morgan fingerprint density at radius 2 is 2.00 bits per heavy atom. The van der Waals surface area contributed by atoms with Gasteiger partial charge in [-0.25, -0.2) is 4.98 Å². The van der Waals surface area contributed by atoms with E-state index in [0.29, 0.717) is 6.54 Å². The van der Waals surface area contributed by atoms with Gasteiger partial charge in [0.25, 0.3) is 0 Å². The van der Waals surface area contributed by atoms with Crippen LogP contribution in [0.15, 0.2) is 42.7 Å². The molecule has 3 aromatic rings. The maximum absolute atomic E-state index is 4.44. The first-order valence-corrected chi connectivity index (χ1v) is 7.21. The molecule has 3 rings (SSSR count). The van der Waals surface area contributed by atoms with Crippen LogP contribution < -0.4 is 5.32 Å². The van der Waals surface area contributed by atoms with E-state index >= 15 is 0 Å². The fourth-order valence-corrected chi connectivity index (χ4v) is 2.60. The number of aryl methyl sites for hydroxylation is 1. The van der Waals surface area contributed by atoms with Crippen molar-refractivity contribution in [1.29, 1.82) is 0 Å². The van der Waals surface area contributed by atoms with Crippen molar-refractivity contribution in [3.05, 3.63) is 58.3 Å². The standard InChI is InChI=1S/C14H15N5S/c1-11-7-16-14(20-11)10-15-8-12-9-17-19(18-12)13-5-3-2-4-6-13/h2-7,9,15H,8,10H2,1H3. The van der Waals surface area contributed by atoms with Crippen molar-refractivity contribution in [3.8, 4) is 5.69 Å². The fourth-order valence-electron chi connectivity index (χ4n) is 1.84. The Kier molecular flexibility index (Phi) is 3.85. The summed E-state index contributed by atoms with van der Waals surface area (Å²) in [5, 5.41) is 13.1. The van der Waals surface area contributed by atoms with Gasteiger partial charge in [-0.3, -0.25) is 0 Å². The van der Waals surface area contributed by atoms with Crippen LogP contribution in [0, 0.1) is 6.92 Å². The molecule has 0 saturated heterocycles. The molecule has 0 spiro atoms. The van der Waals surface area contributed by atoms with Crippen molar-refractivity contribution < 1.29 is 0 Å². The quantitative estimate of drug-likeness (QED) is 0.781. The van der Waals surface area contributed by atoms with Gasteiger partial charge in [-0.2, -0.15) is 15.0 Å². The van der Waals surface area contributed by atoms with Gasteiger partial charge < -0.3 is 5.32 Å². The van der Waals surface area contributed by atoms with Crippen LogP contribution in [0.25, 0.3) is 5.69 Å². The second-order valence-electron chi connectivity index (χ2n) is 4.43. The Morgan fingerprint density at radius 3 is 2.75 bits per heavy atom. The minimum Gasteiger partial charge on any atom is -0.305 e. The van der Waals surface area contributed by atoms with Gasteiger partial charge in [0.1, 0.15) is 5.01 Å². The number of aromatic nitrogens is 4. The van der Waals surface area contributed by atoms with E-state index in [4.69, 9.17) is 0 Å². The first kappa shape index (κ1) is 13.0. The normalized spacial score (nSPS) is 10.8. The Labute approximate surface area is 121 Å². The van der Waals surface area contributed by atoms with Crippen LogP contribution in [0.3, 0.4) is 0 Å². The fraction of sp³-hybridized carbons (Fsp3) is 0.214. The Hall–Kier alpha value is -2.05. The van der Waals surface area contributed by atoms with E-state index in [0.717, 1.165) is 22.9 Å². The number of nitrogens with one attached hydrogen (secondary N) is 1. The van der Waals surface area contributed by atoms with Gasteiger partial charge in [0.15, 0.2) is 0 Å². The molecule has 1 N–H and O–H groups in total. The Morgan fingerprint density at radius 1 is 1.15 bits per heavy atom. The number of para-hydroxylation sites is 1. The number of benzene rings is 1. The summed E-state index contributed by atoms with van der Waals surface area (Å²) in [7, 11) is 0. The predicted molar refractivity (Wildman–Crippen MR) is 78.8 cm³/mol. The molecule has 0 bridgehead atoms. The molecule has 0 unspecified atom stereocenters. The van der Waals surface area contributed by atoms with Gasteiger partial charge >= 0.3 is 0 Å². The molecule has 0 amide bonds. The number of hydrogen-bond acceptors (Lipinski definition) is 5. The monoisotopic (exact) mass is 285 g/mol. The lowest BCUT2D eigenvalue weighted by molar-refractivity contribution is 0.660. The van der Waals surface area contributed by atoms with Gasteiger partial charge in [-0.15, -0.1) is 11.3 Å². The van der Waals surface area contributed by atoms with Gasteiger partial charge in [-0.05, 0) is 19.1 Å². The zero-order chi connectivity index (χ0) is 13.8. The van der Waals surface area contributed by atoms with Crippen LogP contribution in [-0.4, -0.2) is 20.0 Å².